The summed E-state index contributed by atoms with van der Waals surface area (Å²) in [6.07, 6.45) is 0.695. The molecule has 80 valence electrons. The Morgan fingerprint density at radius 1 is 1.47 bits per heavy atom. The van der Waals surface area contributed by atoms with Crippen LogP contribution in [-0.4, -0.2) is 40.7 Å². The van der Waals surface area contributed by atoms with Crippen molar-refractivity contribution in [2.45, 2.75) is 19.4 Å². The molecule has 2 unspecified atom stereocenters. The molecule has 0 aromatic heterocycles. The molecule has 0 saturated heterocycles. The van der Waals surface area contributed by atoms with Crippen LogP contribution in [0.15, 0.2) is 0 Å². The molecule has 1 amide bonds. The fourth-order valence-electron chi connectivity index (χ4n) is 0.819. The van der Waals surface area contributed by atoms with Gasteiger partial charge < -0.3 is 18.2 Å². The summed E-state index contributed by atoms with van der Waals surface area (Å²) in [5.41, 5.74) is 0. The van der Waals surface area contributed by atoms with Gasteiger partial charge in [-0.1, -0.05) is 0 Å². The maximum absolute atomic E-state index is 10.6. The van der Waals surface area contributed by atoms with Gasteiger partial charge in [0.2, 0.25) is 5.91 Å². The van der Waals surface area contributed by atoms with E-state index < -0.39 is 20.2 Å². The molecule has 8 heteroatoms. The molecule has 3 N–H and O–H groups in total. The van der Waals surface area contributed by atoms with Crippen LogP contribution in [0.2, 0.25) is 0 Å². The van der Waals surface area contributed by atoms with Gasteiger partial charge in [0, 0.05) is 15.1 Å². The Morgan fingerprint density at radius 2 is 1.93 bits per heavy atom. The van der Waals surface area contributed by atoms with E-state index in [1.807, 2.05) is 0 Å². The number of rotatable bonds is 5. The average molecular weight is 255 g/mol. The van der Waals surface area contributed by atoms with Gasteiger partial charge in [-0.05, 0) is 19.2 Å². The van der Waals surface area contributed by atoms with Crippen LogP contribution in [0.1, 0.15) is 16.2 Å². The number of carbonyl (C=O) groups is 2. The molecule has 0 aromatic carbocycles. The van der Waals surface area contributed by atoms with Crippen molar-refractivity contribution in [3.8, 4) is 0 Å². The molecule has 0 aromatic rings. The average Bonchev–Trinajstić information content (AvgIpc) is 1.96. The Balaban J connectivity index is -0.000000120. The summed E-state index contributed by atoms with van der Waals surface area (Å²) in [5, 5.41) is 10.9. The second-order valence-corrected chi connectivity index (χ2v) is 4.52. The minimum Gasteiger partial charge on any atom is -1.00 e. The molecule has 0 fully saturated rings. The van der Waals surface area contributed by atoms with E-state index in [1.165, 1.54) is 6.92 Å². The molecule has 0 spiro atoms. The van der Waals surface area contributed by atoms with Crippen molar-refractivity contribution in [2.75, 3.05) is 12.8 Å². The van der Waals surface area contributed by atoms with E-state index in [9.17, 15) is 9.59 Å². The van der Waals surface area contributed by atoms with Crippen LogP contribution in [0.5, 0.6) is 0 Å². The van der Waals surface area contributed by atoms with Crippen molar-refractivity contribution < 1.29 is 81.6 Å². The zero-order valence-corrected chi connectivity index (χ0v) is 14.5. The van der Waals surface area contributed by atoms with Crippen molar-refractivity contribution in [2.24, 2.45) is 0 Å². The molecule has 0 bridgehead atoms. The number of amides is 1. The van der Waals surface area contributed by atoms with Crippen LogP contribution in [0, 0.1) is 0 Å². The summed E-state index contributed by atoms with van der Waals surface area (Å²) in [4.78, 5) is 30.1. The van der Waals surface area contributed by atoms with E-state index in [1.54, 1.807) is 6.66 Å². The summed E-state index contributed by atoms with van der Waals surface area (Å²) in [6, 6.07) is -0.880. The predicted molar refractivity (Wildman–Crippen MR) is 52.0 cm³/mol. The van der Waals surface area contributed by atoms with Crippen molar-refractivity contribution in [1.29, 1.82) is 0 Å². The summed E-state index contributed by atoms with van der Waals surface area (Å²) >= 11 is 0. The van der Waals surface area contributed by atoms with Crippen LogP contribution in [0.4, 0.5) is 0 Å². The zero-order valence-electron chi connectivity index (χ0n) is 11.6. The first-order valence-electron chi connectivity index (χ1n) is 3.83. The molecule has 2 atom stereocenters. The second-order valence-electron chi connectivity index (χ2n) is 2.76. The minimum atomic E-state index is -1.10. The number of nitrogens with one attached hydrogen (secondary N) is 1. The standard InChI is InChI=1S/C7H14NO4P.2Na.2H/c1-5(9)8-6(7(10)11)3-4-13(2)12;;;;/h6,12H,3-4H2,1-2H3,(H,8,9)(H,10,11);;;;/q;2*+1;2*-1. The molecule has 0 aliphatic carbocycles. The van der Waals surface area contributed by atoms with E-state index in [-0.39, 0.29) is 74.3 Å². The van der Waals surface area contributed by atoms with Gasteiger partial charge in [0.25, 0.3) is 0 Å². The van der Waals surface area contributed by atoms with Gasteiger partial charge in [-0.15, -0.1) is 0 Å². The molecule has 15 heavy (non-hydrogen) atoms. The smallest absolute Gasteiger partial charge is 1.00 e. The van der Waals surface area contributed by atoms with Gasteiger partial charge in [-0.25, -0.2) is 4.79 Å². The van der Waals surface area contributed by atoms with E-state index in [0.29, 0.717) is 6.16 Å². The molecule has 5 nitrogen and oxygen atoms in total. The monoisotopic (exact) mass is 255 g/mol. The van der Waals surface area contributed by atoms with E-state index in [4.69, 9.17) is 10.00 Å². The van der Waals surface area contributed by atoms with Crippen LogP contribution >= 0.6 is 8.15 Å². The summed E-state index contributed by atoms with van der Waals surface area (Å²) < 4.78 is 0. The third-order valence-corrected chi connectivity index (χ3v) is 2.32. The topological polar surface area (TPSA) is 86.6 Å². The Hall–Kier alpha value is 1.33. The normalized spacial score (nSPS) is 12.7. The van der Waals surface area contributed by atoms with E-state index in [0.717, 1.165) is 0 Å². The summed E-state index contributed by atoms with van der Waals surface area (Å²) in [7, 11) is -1.10. The molecule has 0 heterocycles. The Labute approximate surface area is 138 Å². The maximum Gasteiger partial charge on any atom is 1.00 e. The van der Waals surface area contributed by atoms with Crippen LogP contribution < -0.4 is 64.4 Å². The van der Waals surface area contributed by atoms with Crippen molar-refractivity contribution in [1.82, 2.24) is 5.32 Å². The molecule has 0 rings (SSSR count). The fourth-order valence-corrected chi connectivity index (χ4v) is 1.45. The Kier molecular flexibility index (Phi) is 17.0. The first kappa shape index (κ1) is 21.6. The van der Waals surface area contributed by atoms with Gasteiger partial charge in [-0.3, -0.25) is 4.79 Å². The molecule has 0 radical (unpaired) electrons. The number of hydrogen-bond donors (Lipinski definition) is 3. The largest absolute Gasteiger partial charge is 1.00 e. The van der Waals surface area contributed by atoms with Gasteiger partial charge in [0.15, 0.2) is 0 Å². The molecule has 0 saturated carbocycles. The third kappa shape index (κ3) is 13.3. The number of aliphatic carboxylic acids is 1. The van der Waals surface area contributed by atoms with E-state index >= 15 is 0 Å². The first-order valence-corrected chi connectivity index (χ1v) is 5.76. The summed E-state index contributed by atoms with van der Waals surface area (Å²) in [5.74, 6) is -1.43. The fraction of sp³-hybridized carbons (Fsp3) is 0.714. The SMILES string of the molecule is CC(=O)NC(CCP(C)O)C(=O)O.[H-].[H-].[Na+].[Na+]. The van der Waals surface area contributed by atoms with Gasteiger partial charge in [0.1, 0.15) is 6.04 Å². The molecule has 0 aliphatic heterocycles. The third-order valence-electron chi connectivity index (χ3n) is 1.42. The molecular formula is C7H16NNa2O4P. The van der Waals surface area contributed by atoms with Crippen molar-refractivity contribution in [3.63, 3.8) is 0 Å². The number of carboxylic acid groups (broad SMARTS) is 1. The second kappa shape index (κ2) is 11.8. The number of carbonyl (C=O) groups excluding carboxylic acids is 1. The maximum atomic E-state index is 10.6. The number of carboxylic acids is 1. The van der Waals surface area contributed by atoms with Crippen LogP contribution in [-0.2, 0) is 9.59 Å². The van der Waals surface area contributed by atoms with Gasteiger partial charge in [0.05, 0.1) is 0 Å². The predicted octanol–water partition coefficient (Wildman–Crippen LogP) is -5.78. The quantitative estimate of drug-likeness (QED) is 0.337. The van der Waals surface area contributed by atoms with Gasteiger partial charge in [-0.2, -0.15) is 0 Å². The molecule has 0 aliphatic rings. The van der Waals surface area contributed by atoms with Crippen molar-refractivity contribution in [3.05, 3.63) is 0 Å². The van der Waals surface area contributed by atoms with Crippen LogP contribution in [0.25, 0.3) is 0 Å². The first-order chi connectivity index (χ1) is 5.93. The van der Waals surface area contributed by atoms with E-state index in [2.05, 4.69) is 5.32 Å². The Bertz CT molecular complexity index is 212. The van der Waals surface area contributed by atoms with Crippen molar-refractivity contribution >= 4 is 20.0 Å². The zero-order chi connectivity index (χ0) is 10.4. The number of hydrogen-bond acceptors (Lipinski definition) is 3. The summed E-state index contributed by atoms with van der Waals surface area (Å²) in [6.45, 7) is 2.91. The van der Waals surface area contributed by atoms with Crippen LogP contribution in [0.3, 0.4) is 0 Å². The Morgan fingerprint density at radius 3 is 2.20 bits per heavy atom. The van der Waals surface area contributed by atoms with Gasteiger partial charge >= 0.3 is 65.1 Å². The minimum absolute atomic E-state index is 0. The molecular weight excluding hydrogens is 239 g/mol.